The third-order valence-corrected chi connectivity index (χ3v) is 2.21. The Balaban J connectivity index is 2.49. The van der Waals surface area contributed by atoms with E-state index in [0.29, 0.717) is 12.8 Å². The molecule has 1 unspecified atom stereocenters. The molecule has 0 aliphatic heterocycles. The first-order valence-corrected chi connectivity index (χ1v) is 3.24. The van der Waals surface area contributed by atoms with E-state index in [9.17, 15) is 4.79 Å². The number of hydrogen-bond acceptors (Lipinski definition) is 2. The average molecular weight is 128 g/mol. The van der Waals surface area contributed by atoms with E-state index in [2.05, 4.69) is 0 Å². The van der Waals surface area contributed by atoms with Crippen LogP contribution >= 0.6 is 0 Å². The molecule has 0 heterocycles. The number of Topliss-reactive ketones (excluding diaryl/α,β-unsaturated/α-hetero) is 1. The van der Waals surface area contributed by atoms with Gasteiger partial charge in [0.15, 0.2) is 0 Å². The van der Waals surface area contributed by atoms with Gasteiger partial charge in [0.2, 0.25) is 0 Å². The zero-order chi connectivity index (χ0) is 7.07. The van der Waals surface area contributed by atoms with Crippen molar-refractivity contribution in [2.75, 3.05) is 0 Å². The average Bonchev–Trinajstić information content (AvgIpc) is 1.62. The van der Waals surface area contributed by atoms with Crippen LogP contribution in [0.2, 0.25) is 0 Å². The number of hydrogen-bond donors (Lipinski definition) is 1. The van der Waals surface area contributed by atoms with Crippen LogP contribution in [0.3, 0.4) is 0 Å². The van der Waals surface area contributed by atoms with Crippen molar-refractivity contribution in [1.82, 2.24) is 0 Å². The fraction of sp³-hybridized carbons (Fsp3) is 0.857. The highest BCUT2D eigenvalue weighted by Gasteiger charge is 2.42. The first kappa shape index (κ1) is 6.75. The Kier molecular flexibility index (Phi) is 1.35. The van der Waals surface area contributed by atoms with Gasteiger partial charge in [0.25, 0.3) is 0 Å². The lowest BCUT2D eigenvalue weighted by Gasteiger charge is -2.39. The van der Waals surface area contributed by atoms with Crippen LogP contribution in [0.4, 0.5) is 0 Å². The minimum absolute atomic E-state index is 0.100. The summed E-state index contributed by atoms with van der Waals surface area (Å²) in [5, 5.41) is 9.10. The second-order valence-electron chi connectivity index (χ2n) is 3.22. The van der Waals surface area contributed by atoms with Crippen LogP contribution in [0.25, 0.3) is 0 Å². The second kappa shape index (κ2) is 1.81. The Bertz CT molecular complexity index is 130. The van der Waals surface area contributed by atoms with Crippen LogP contribution in [0.1, 0.15) is 26.7 Å². The fourth-order valence-corrected chi connectivity index (χ4v) is 1.14. The fourth-order valence-electron chi connectivity index (χ4n) is 1.14. The molecular weight excluding hydrogens is 116 g/mol. The lowest BCUT2D eigenvalue weighted by Crippen LogP contribution is -2.42. The predicted octanol–water partition coefficient (Wildman–Crippen LogP) is 0.736. The van der Waals surface area contributed by atoms with Crippen molar-refractivity contribution in [3.8, 4) is 0 Å². The molecule has 0 aromatic rings. The first-order valence-electron chi connectivity index (χ1n) is 3.24. The van der Waals surface area contributed by atoms with Gasteiger partial charge in [-0.1, -0.05) is 6.92 Å². The summed E-state index contributed by atoms with van der Waals surface area (Å²) in [7, 11) is 0. The van der Waals surface area contributed by atoms with E-state index in [4.69, 9.17) is 5.11 Å². The molecule has 0 bridgehead atoms. The van der Waals surface area contributed by atoms with Crippen molar-refractivity contribution < 1.29 is 9.90 Å². The zero-order valence-electron chi connectivity index (χ0n) is 5.85. The van der Waals surface area contributed by atoms with Gasteiger partial charge in [-0.2, -0.15) is 0 Å². The molecule has 2 heteroatoms. The maximum atomic E-state index is 10.5. The highest BCUT2D eigenvalue weighted by Crippen LogP contribution is 2.40. The molecular formula is C7H12O2. The first-order chi connectivity index (χ1) is 4.04. The summed E-state index contributed by atoms with van der Waals surface area (Å²) in [4.78, 5) is 10.5. The molecule has 0 aromatic heterocycles. The molecule has 0 aromatic carbocycles. The number of carbonyl (C=O) groups is 1. The maximum absolute atomic E-state index is 10.5. The number of carbonyl (C=O) groups excluding carboxylic acids is 1. The van der Waals surface area contributed by atoms with Crippen LogP contribution in [0, 0.1) is 5.41 Å². The SMILES string of the molecule is CC(O)C1(C)CC(=O)C1. The van der Waals surface area contributed by atoms with Gasteiger partial charge in [-0.25, -0.2) is 0 Å². The topological polar surface area (TPSA) is 37.3 Å². The van der Waals surface area contributed by atoms with Crippen LogP contribution in [0.15, 0.2) is 0 Å². The number of aliphatic hydroxyl groups excluding tert-OH is 1. The summed E-state index contributed by atoms with van der Waals surface area (Å²) in [5.41, 5.74) is -0.100. The molecule has 2 nitrogen and oxygen atoms in total. The van der Waals surface area contributed by atoms with Crippen molar-refractivity contribution in [3.63, 3.8) is 0 Å². The van der Waals surface area contributed by atoms with Crippen molar-refractivity contribution in [1.29, 1.82) is 0 Å². The van der Waals surface area contributed by atoms with E-state index in [0.717, 1.165) is 0 Å². The Morgan fingerprint density at radius 3 is 2.22 bits per heavy atom. The van der Waals surface area contributed by atoms with E-state index < -0.39 is 0 Å². The van der Waals surface area contributed by atoms with Gasteiger partial charge in [0.05, 0.1) is 6.10 Å². The summed E-state index contributed by atoms with van der Waals surface area (Å²) in [5.74, 6) is 0.276. The van der Waals surface area contributed by atoms with Gasteiger partial charge >= 0.3 is 0 Å². The Labute approximate surface area is 54.9 Å². The molecule has 1 saturated carbocycles. The quantitative estimate of drug-likeness (QED) is 0.565. The molecule has 1 rings (SSSR count). The third kappa shape index (κ3) is 0.990. The van der Waals surface area contributed by atoms with Crippen molar-refractivity contribution in [2.24, 2.45) is 5.41 Å². The number of ketones is 1. The molecule has 1 aliphatic rings. The summed E-state index contributed by atoms with van der Waals surface area (Å²) in [6.07, 6.45) is 0.783. The summed E-state index contributed by atoms with van der Waals surface area (Å²) >= 11 is 0. The summed E-state index contributed by atoms with van der Waals surface area (Å²) in [6, 6.07) is 0. The Morgan fingerprint density at radius 2 is 2.11 bits per heavy atom. The van der Waals surface area contributed by atoms with Gasteiger partial charge in [-0.05, 0) is 6.92 Å². The van der Waals surface area contributed by atoms with E-state index in [1.54, 1.807) is 6.92 Å². The molecule has 1 N–H and O–H groups in total. The van der Waals surface area contributed by atoms with Gasteiger partial charge in [0.1, 0.15) is 5.78 Å². The van der Waals surface area contributed by atoms with E-state index >= 15 is 0 Å². The number of rotatable bonds is 1. The second-order valence-corrected chi connectivity index (χ2v) is 3.22. The van der Waals surface area contributed by atoms with Crippen molar-refractivity contribution in [2.45, 2.75) is 32.8 Å². The van der Waals surface area contributed by atoms with Crippen molar-refractivity contribution in [3.05, 3.63) is 0 Å². The highest BCUT2D eigenvalue weighted by molar-refractivity contribution is 5.86. The van der Waals surface area contributed by atoms with Crippen LogP contribution < -0.4 is 0 Å². The monoisotopic (exact) mass is 128 g/mol. The molecule has 0 saturated heterocycles. The molecule has 1 fully saturated rings. The smallest absolute Gasteiger partial charge is 0.134 e. The molecule has 0 amide bonds. The van der Waals surface area contributed by atoms with Crippen LogP contribution in [0.5, 0.6) is 0 Å². The lowest BCUT2D eigenvalue weighted by molar-refractivity contribution is -0.138. The van der Waals surface area contributed by atoms with Gasteiger partial charge in [0, 0.05) is 18.3 Å². The summed E-state index contributed by atoms with van der Waals surface area (Å²) < 4.78 is 0. The number of aliphatic hydroxyl groups is 1. The minimum atomic E-state index is -0.338. The molecule has 0 radical (unpaired) electrons. The highest BCUT2D eigenvalue weighted by atomic mass is 16.3. The predicted molar refractivity (Wildman–Crippen MR) is 34.0 cm³/mol. The van der Waals surface area contributed by atoms with Crippen LogP contribution in [-0.4, -0.2) is 17.0 Å². The minimum Gasteiger partial charge on any atom is -0.393 e. The van der Waals surface area contributed by atoms with Crippen LogP contribution in [-0.2, 0) is 4.79 Å². The largest absolute Gasteiger partial charge is 0.393 e. The van der Waals surface area contributed by atoms with Crippen molar-refractivity contribution >= 4 is 5.78 Å². The molecule has 1 aliphatic carbocycles. The van der Waals surface area contributed by atoms with E-state index in [-0.39, 0.29) is 17.3 Å². The Morgan fingerprint density at radius 1 is 1.67 bits per heavy atom. The Hall–Kier alpha value is -0.370. The molecule has 1 atom stereocenters. The summed E-state index contributed by atoms with van der Waals surface area (Å²) in [6.45, 7) is 3.69. The molecule has 9 heavy (non-hydrogen) atoms. The lowest BCUT2D eigenvalue weighted by atomic mass is 9.66. The van der Waals surface area contributed by atoms with E-state index in [1.807, 2.05) is 6.92 Å². The van der Waals surface area contributed by atoms with Gasteiger partial charge in [-0.3, -0.25) is 4.79 Å². The van der Waals surface area contributed by atoms with E-state index in [1.165, 1.54) is 0 Å². The third-order valence-electron chi connectivity index (χ3n) is 2.21. The zero-order valence-corrected chi connectivity index (χ0v) is 5.85. The van der Waals surface area contributed by atoms with Gasteiger partial charge < -0.3 is 5.11 Å². The molecule has 52 valence electrons. The normalized spacial score (nSPS) is 27.2. The standard InChI is InChI=1S/C7H12O2/c1-5(8)7(2)3-6(9)4-7/h5,8H,3-4H2,1-2H3. The molecule has 0 spiro atoms. The maximum Gasteiger partial charge on any atom is 0.134 e. The van der Waals surface area contributed by atoms with Gasteiger partial charge in [-0.15, -0.1) is 0 Å².